The van der Waals surface area contributed by atoms with Crippen LogP contribution in [0.25, 0.3) is 0 Å². The van der Waals surface area contributed by atoms with E-state index in [-0.39, 0.29) is 12.4 Å². The normalized spacial score (nSPS) is 8.35. The number of hydrogen-bond donors (Lipinski definition) is 0. The molecule has 0 aliphatic rings. The average Bonchev–Trinajstić information content (AvgIpc) is 2.58. The van der Waals surface area contributed by atoms with Crippen molar-refractivity contribution in [1.29, 1.82) is 0 Å². The first-order chi connectivity index (χ1) is 9.79. The molecule has 2 radical (unpaired) electrons. The van der Waals surface area contributed by atoms with E-state index < -0.39 is 0 Å². The van der Waals surface area contributed by atoms with Gasteiger partial charge in [0.25, 0.3) is 0 Å². The predicted molar refractivity (Wildman–Crippen MR) is 83.1 cm³/mol. The fourth-order valence-electron chi connectivity index (χ4n) is 1.35. The highest BCUT2D eigenvalue weighted by Gasteiger charge is 2.06. The third-order valence-electron chi connectivity index (χ3n) is 2.19. The Balaban J connectivity index is 0.000000521. The molecule has 0 atom stereocenters. The molecule has 2 nitrogen and oxygen atoms in total. The predicted octanol–water partition coefficient (Wildman–Crippen LogP) is 4.36. The summed E-state index contributed by atoms with van der Waals surface area (Å²) < 4.78 is 0. The second-order valence-electron chi connectivity index (χ2n) is 3.52. The molecule has 0 N–H and O–H groups in total. The zero-order valence-corrected chi connectivity index (χ0v) is 11.8. The van der Waals surface area contributed by atoms with Crippen molar-refractivity contribution < 1.29 is 9.90 Å². The molecule has 0 spiro atoms. The standard InChI is InChI=1S/C13H10O.C3H5O.C2H5/c14-13(11-7-3-1-4-8-11)12-9-5-2-6-10-12;1-2-3-4;1-2/h1-10H;2H,1,3H2;1H2,2H3. The van der Waals surface area contributed by atoms with Gasteiger partial charge in [-0.2, -0.15) is 0 Å². The lowest BCUT2D eigenvalue weighted by molar-refractivity contribution is 0.103. The van der Waals surface area contributed by atoms with E-state index in [1.165, 1.54) is 6.08 Å². The van der Waals surface area contributed by atoms with E-state index >= 15 is 0 Å². The molecule has 0 saturated carbocycles. The van der Waals surface area contributed by atoms with Crippen LogP contribution in [0, 0.1) is 6.92 Å². The van der Waals surface area contributed by atoms with Gasteiger partial charge in [-0.15, -0.1) is 6.58 Å². The van der Waals surface area contributed by atoms with Gasteiger partial charge in [-0.1, -0.05) is 80.6 Å². The minimum Gasteiger partial charge on any atom is -0.289 e. The fourth-order valence-corrected chi connectivity index (χ4v) is 1.35. The van der Waals surface area contributed by atoms with Crippen LogP contribution in [-0.2, 0) is 5.11 Å². The zero-order chi connectivity index (χ0) is 15.2. The number of rotatable bonds is 3. The molecule has 0 unspecified atom stereocenters. The van der Waals surface area contributed by atoms with Crippen LogP contribution >= 0.6 is 0 Å². The van der Waals surface area contributed by atoms with E-state index in [9.17, 15) is 9.90 Å². The number of carbonyl (C=O) groups is 1. The first kappa shape index (κ1) is 17.8. The van der Waals surface area contributed by atoms with Gasteiger partial charge in [0.2, 0.25) is 0 Å². The molecule has 2 aromatic carbocycles. The molecule has 2 aromatic rings. The summed E-state index contributed by atoms with van der Waals surface area (Å²) in [6.45, 7) is 8.00. The second kappa shape index (κ2) is 11.9. The molecule has 0 fully saturated rings. The Kier molecular flexibility index (Phi) is 10.6. The van der Waals surface area contributed by atoms with Crippen LogP contribution in [0.5, 0.6) is 0 Å². The van der Waals surface area contributed by atoms with Crippen molar-refractivity contribution in [2.24, 2.45) is 0 Å². The third kappa shape index (κ3) is 6.66. The monoisotopic (exact) mass is 268 g/mol. The molecule has 104 valence electrons. The number of hydrogen-bond acceptors (Lipinski definition) is 1. The molecule has 2 rings (SSSR count). The molecular formula is C18H20O2. The van der Waals surface area contributed by atoms with Crippen LogP contribution in [0.1, 0.15) is 22.8 Å². The average molecular weight is 268 g/mol. The maximum absolute atomic E-state index is 11.8. The maximum Gasteiger partial charge on any atom is 0.193 e. The minimum absolute atomic E-state index is 0.0752. The van der Waals surface area contributed by atoms with Gasteiger partial charge in [0.1, 0.15) is 6.61 Å². The first-order valence-electron chi connectivity index (χ1n) is 6.34. The van der Waals surface area contributed by atoms with Gasteiger partial charge >= 0.3 is 0 Å². The zero-order valence-electron chi connectivity index (χ0n) is 11.8. The molecule has 20 heavy (non-hydrogen) atoms. The van der Waals surface area contributed by atoms with Gasteiger partial charge in [-0.25, -0.2) is 5.11 Å². The van der Waals surface area contributed by atoms with E-state index in [2.05, 4.69) is 13.5 Å². The van der Waals surface area contributed by atoms with Gasteiger partial charge in [0.05, 0.1) is 0 Å². The summed E-state index contributed by atoms with van der Waals surface area (Å²) in [4.78, 5) is 11.8. The van der Waals surface area contributed by atoms with Crippen molar-refractivity contribution in [1.82, 2.24) is 0 Å². The van der Waals surface area contributed by atoms with Crippen molar-refractivity contribution in [2.45, 2.75) is 6.92 Å². The number of benzene rings is 2. The van der Waals surface area contributed by atoms with E-state index in [1.54, 1.807) is 6.92 Å². The summed E-state index contributed by atoms with van der Waals surface area (Å²) >= 11 is 0. The molecule has 0 heterocycles. The molecule has 0 amide bonds. The van der Waals surface area contributed by atoms with E-state index in [4.69, 9.17) is 0 Å². The molecule has 0 bridgehead atoms. The summed E-state index contributed by atoms with van der Waals surface area (Å²) in [6, 6.07) is 18.6. The van der Waals surface area contributed by atoms with Crippen LogP contribution in [-0.4, -0.2) is 12.4 Å². The summed E-state index contributed by atoms with van der Waals surface area (Å²) in [7, 11) is 0. The lowest BCUT2D eigenvalue weighted by Crippen LogP contribution is -1.99. The highest BCUT2D eigenvalue weighted by atomic mass is 16.2. The van der Waals surface area contributed by atoms with Crippen molar-refractivity contribution in [3.05, 3.63) is 91.4 Å². The quantitative estimate of drug-likeness (QED) is 0.602. The number of ketones is 1. The van der Waals surface area contributed by atoms with Crippen molar-refractivity contribution >= 4 is 5.78 Å². The van der Waals surface area contributed by atoms with E-state index in [1.807, 2.05) is 60.7 Å². The van der Waals surface area contributed by atoms with E-state index in [0.29, 0.717) is 0 Å². The number of carbonyl (C=O) groups excluding carboxylic acids is 1. The Hall–Kier alpha value is -2.19. The van der Waals surface area contributed by atoms with Crippen molar-refractivity contribution in [3.63, 3.8) is 0 Å². The summed E-state index contributed by atoms with van der Waals surface area (Å²) in [5.41, 5.74) is 1.47. The van der Waals surface area contributed by atoms with Crippen LogP contribution in [0.15, 0.2) is 73.3 Å². The fraction of sp³-hybridized carbons (Fsp3) is 0.111. The van der Waals surface area contributed by atoms with Gasteiger partial charge < -0.3 is 0 Å². The van der Waals surface area contributed by atoms with E-state index in [0.717, 1.165) is 11.1 Å². The summed E-state index contributed by atoms with van der Waals surface area (Å²) in [5.74, 6) is 0.0752. The Morgan fingerprint density at radius 3 is 1.45 bits per heavy atom. The highest BCUT2D eigenvalue weighted by Crippen LogP contribution is 2.08. The van der Waals surface area contributed by atoms with Crippen LogP contribution in [0.4, 0.5) is 0 Å². The Morgan fingerprint density at radius 1 is 0.900 bits per heavy atom. The molecule has 2 heteroatoms. The van der Waals surface area contributed by atoms with Crippen LogP contribution in [0.3, 0.4) is 0 Å². The molecule has 0 aliphatic heterocycles. The van der Waals surface area contributed by atoms with Gasteiger partial charge in [-0.05, 0) is 0 Å². The second-order valence-corrected chi connectivity index (χ2v) is 3.52. The maximum atomic E-state index is 11.8. The van der Waals surface area contributed by atoms with Crippen molar-refractivity contribution in [3.8, 4) is 0 Å². The first-order valence-corrected chi connectivity index (χ1v) is 6.34. The highest BCUT2D eigenvalue weighted by molar-refractivity contribution is 6.08. The molecule has 0 aromatic heterocycles. The minimum atomic E-state index is -0.167. The Labute approximate surface area is 121 Å². The molecule has 0 aliphatic carbocycles. The third-order valence-corrected chi connectivity index (χ3v) is 2.19. The summed E-state index contributed by atoms with van der Waals surface area (Å²) in [5, 5.41) is 9.18. The largest absolute Gasteiger partial charge is 0.289 e. The van der Waals surface area contributed by atoms with Gasteiger partial charge in [-0.3, -0.25) is 4.79 Å². The summed E-state index contributed by atoms with van der Waals surface area (Å²) in [6.07, 6.45) is 1.32. The topological polar surface area (TPSA) is 37.0 Å². The molecular weight excluding hydrogens is 248 g/mol. The smallest absolute Gasteiger partial charge is 0.193 e. The lowest BCUT2D eigenvalue weighted by Gasteiger charge is -1.99. The molecule has 0 saturated heterocycles. The SMILES string of the molecule is C=CC[O].O=C(c1ccccc1)c1ccccc1.[CH2]C. The van der Waals surface area contributed by atoms with Gasteiger partial charge in [0, 0.05) is 11.1 Å². The Morgan fingerprint density at radius 2 is 1.20 bits per heavy atom. The van der Waals surface area contributed by atoms with Crippen LogP contribution < -0.4 is 0 Å². The lowest BCUT2D eigenvalue weighted by atomic mass is 10.0. The van der Waals surface area contributed by atoms with Crippen molar-refractivity contribution in [2.75, 3.05) is 6.61 Å². The van der Waals surface area contributed by atoms with Crippen LogP contribution in [0.2, 0.25) is 0 Å². The van der Waals surface area contributed by atoms with Gasteiger partial charge in [0.15, 0.2) is 5.78 Å². The Bertz CT molecular complexity index is 434.